The van der Waals surface area contributed by atoms with Gasteiger partial charge in [0, 0.05) is 25.5 Å². The van der Waals surface area contributed by atoms with E-state index in [0.717, 1.165) is 48.8 Å². The Kier molecular flexibility index (Phi) is 11.0. The van der Waals surface area contributed by atoms with Crippen molar-refractivity contribution < 1.29 is 18.8 Å². The van der Waals surface area contributed by atoms with Crippen LogP contribution in [0.4, 0.5) is 0 Å². The Bertz CT molecular complexity index is 810. The van der Waals surface area contributed by atoms with Crippen molar-refractivity contribution in [3.8, 4) is 5.88 Å². The number of likely N-dealkylation sites (N-methyl/N-ethyl adjacent to an activating group) is 1. The molecule has 0 saturated heterocycles. The van der Waals surface area contributed by atoms with Gasteiger partial charge in [0.05, 0.1) is 31.9 Å². The highest BCUT2D eigenvalue weighted by atomic mass is 32.1. The van der Waals surface area contributed by atoms with Gasteiger partial charge in [-0.2, -0.15) is 4.37 Å². The van der Waals surface area contributed by atoms with Crippen LogP contribution in [0.1, 0.15) is 64.5 Å². The molecule has 6 N–H and O–H groups in total. The SMILES string of the molecule is CCCCCCOc1nsnc1C1=CCC[N+](C)([C@H](C)OC(=O)[C@@H](N)CCCN=C(N)N)C1. The number of hydrogen-bond acceptors (Lipinski definition) is 8. The number of unbranched alkanes of at least 4 members (excludes halogenated alkanes) is 3. The number of carbonyl (C=O) groups excluding carboxylic acids is 1. The number of hydrogen-bond donors (Lipinski definition) is 3. The second-order valence-corrected chi connectivity index (χ2v) is 9.33. The third-order valence-corrected chi connectivity index (χ3v) is 6.51. The van der Waals surface area contributed by atoms with Gasteiger partial charge >= 0.3 is 5.97 Å². The van der Waals surface area contributed by atoms with Crippen LogP contribution in [-0.4, -0.2) is 70.7 Å². The first-order valence-corrected chi connectivity index (χ1v) is 12.5. The van der Waals surface area contributed by atoms with E-state index < -0.39 is 12.0 Å². The molecule has 1 unspecified atom stereocenters. The lowest BCUT2D eigenvalue weighted by Gasteiger charge is -2.41. The maximum absolute atomic E-state index is 12.5. The molecular weight excluding hydrogens is 442 g/mol. The van der Waals surface area contributed by atoms with Gasteiger partial charge in [-0.15, -0.1) is 4.37 Å². The van der Waals surface area contributed by atoms with E-state index in [1.807, 2.05) is 6.92 Å². The summed E-state index contributed by atoms with van der Waals surface area (Å²) in [4.78, 5) is 16.4. The largest absolute Gasteiger partial charge is 0.475 e. The van der Waals surface area contributed by atoms with Crippen molar-refractivity contribution in [1.29, 1.82) is 0 Å². The third kappa shape index (κ3) is 8.56. The summed E-state index contributed by atoms with van der Waals surface area (Å²) >= 11 is 1.16. The molecule has 10 nitrogen and oxygen atoms in total. The van der Waals surface area contributed by atoms with Gasteiger partial charge in [-0.05, 0) is 19.3 Å². The van der Waals surface area contributed by atoms with Crippen molar-refractivity contribution in [1.82, 2.24) is 8.75 Å². The van der Waals surface area contributed by atoms with Crippen LogP contribution >= 0.6 is 11.7 Å². The Morgan fingerprint density at radius 2 is 2.06 bits per heavy atom. The normalized spacial score (nSPS) is 19.9. The van der Waals surface area contributed by atoms with Crippen molar-refractivity contribution in [2.45, 2.75) is 71.1 Å². The smallest absolute Gasteiger partial charge is 0.327 e. The molecule has 1 aliphatic heterocycles. The Balaban J connectivity index is 1.91. The van der Waals surface area contributed by atoms with E-state index in [-0.39, 0.29) is 12.2 Å². The number of aromatic nitrogens is 2. The Morgan fingerprint density at radius 3 is 2.79 bits per heavy atom. The Labute approximate surface area is 201 Å². The highest BCUT2D eigenvalue weighted by molar-refractivity contribution is 6.99. The number of guanidine groups is 1. The molecule has 0 amide bonds. The summed E-state index contributed by atoms with van der Waals surface area (Å²) in [5, 5.41) is 0. The van der Waals surface area contributed by atoms with E-state index in [9.17, 15) is 4.79 Å². The highest BCUT2D eigenvalue weighted by Crippen LogP contribution is 2.31. The van der Waals surface area contributed by atoms with Crippen LogP contribution in [0.15, 0.2) is 11.1 Å². The second kappa shape index (κ2) is 13.5. The summed E-state index contributed by atoms with van der Waals surface area (Å²) in [5.41, 5.74) is 18.5. The fourth-order valence-corrected chi connectivity index (χ4v) is 4.27. The summed E-state index contributed by atoms with van der Waals surface area (Å²) in [6.07, 6.45) is 8.32. The molecule has 0 saturated carbocycles. The molecule has 1 aliphatic rings. The van der Waals surface area contributed by atoms with Gasteiger partial charge < -0.3 is 26.7 Å². The Hall–Kier alpha value is -2.24. The highest BCUT2D eigenvalue weighted by Gasteiger charge is 2.37. The zero-order chi connectivity index (χ0) is 24.3. The summed E-state index contributed by atoms with van der Waals surface area (Å²) in [6.45, 7) is 6.71. The molecule has 1 aromatic rings. The fourth-order valence-electron chi connectivity index (χ4n) is 3.74. The van der Waals surface area contributed by atoms with Gasteiger partial charge in [-0.3, -0.25) is 14.3 Å². The molecule has 0 spiro atoms. The standard InChI is InChI=1S/C22H40N7O3S/c1-4-5-6-7-14-31-20-19(27-33-28-20)17-10-9-13-29(3,15-17)16(2)32-21(30)18(23)11-8-12-26-22(24)25/h10,16,18H,4-9,11-15,23H2,1-3H3,(H4,24,25,26)/q+1/t16-,18-,29?/m0/s1. The number of esters is 1. The van der Waals surface area contributed by atoms with Crippen LogP contribution in [0.3, 0.4) is 0 Å². The average Bonchev–Trinajstić information content (AvgIpc) is 3.25. The summed E-state index contributed by atoms with van der Waals surface area (Å²) < 4.78 is 21.1. The first-order chi connectivity index (χ1) is 15.8. The van der Waals surface area contributed by atoms with Crippen molar-refractivity contribution in [2.24, 2.45) is 22.2 Å². The number of carbonyl (C=O) groups is 1. The molecule has 0 radical (unpaired) electrons. The molecule has 1 aromatic heterocycles. The van der Waals surface area contributed by atoms with Crippen molar-refractivity contribution in [3.05, 3.63) is 11.8 Å². The van der Waals surface area contributed by atoms with E-state index in [1.54, 1.807) is 0 Å². The van der Waals surface area contributed by atoms with Crippen LogP contribution in [-0.2, 0) is 9.53 Å². The number of aliphatic imine (C=N–C) groups is 1. The first-order valence-electron chi connectivity index (χ1n) is 11.8. The first kappa shape index (κ1) is 27.0. The predicted octanol–water partition coefficient (Wildman–Crippen LogP) is 2.00. The molecule has 0 aromatic carbocycles. The van der Waals surface area contributed by atoms with E-state index in [4.69, 9.17) is 26.7 Å². The molecule has 33 heavy (non-hydrogen) atoms. The predicted molar refractivity (Wildman–Crippen MR) is 131 cm³/mol. The van der Waals surface area contributed by atoms with E-state index in [0.29, 0.717) is 42.9 Å². The quantitative estimate of drug-likeness (QED) is 0.120. The van der Waals surface area contributed by atoms with Crippen LogP contribution < -0.4 is 21.9 Å². The molecule has 186 valence electrons. The number of nitrogens with two attached hydrogens (primary N) is 3. The minimum Gasteiger partial charge on any atom is -0.475 e. The number of quaternary nitrogens is 1. The van der Waals surface area contributed by atoms with Crippen molar-refractivity contribution in [2.75, 3.05) is 33.3 Å². The van der Waals surface area contributed by atoms with Crippen molar-refractivity contribution >= 4 is 29.2 Å². The monoisotopic (exact) mass is 482 g/mol. The lowest BCUT2D eigenvalue weighted by molar-refractivity contribution is -0.944. The maximum atomic E-state index is 12.5. The Morgan fingerprint density at radius 1 is 1.27 bits per heavy atom. The molecule has 0 aliphatic carbocycles. The lowest BCUT2D eigenvalue weighted by Crippen LogP contribution is -2.56. The van der Waals surface area contributed by atoms with E-state index in [2.05, 4.69) is 33.8 Å². The summed E-state index contributed by atoms with van der Waals surface area (Å²) in [7, 11) is 2.08. The van der Waals surface area contributed by atoms with E-state index >= 15 is 0 Å². The fraction of sp³-hybridized carbons (Fsp3) is 0.727. The number of ether oxygens (including phenoxy) is 2. The van der Waals surface area contributed by atoms with Gasteiger partial charge in [0.25, 0.3) is 5.88 Å². The van der Waals surface area contributed by atoms with Gasteiger partial charge in [0.1, 0.15) is 18.3 Å². The molecule has 3 atom stereocenters. The third-order valence-electron chi connectivity index (χ3n) is 6.00. The molecule has 11 heteroatoms. The zero-order valence-electron chi connectivity index (χ0n) is 20.2. The van der Waals surface area contributed by atoms with Crippen LogP contribution in [0.5, 0.6) is 5.88 Å². The van der Waals surface area contributed by atoms with Crippen LogP contribution in [0, 0.1) is 0 Å². The van der Waals surface area contributed by atoms with Gasteiger partial charge in [0.2, 0.25) is 6.23 Å². The molecular formula is C22H40N7O3S+. The van der Waals surface area contributed by atoms with Crippen LogP contribution in [0.2, 0.25) is 0 Å². The van der Waals surface area contributed by atoms with E-state index in [1.165, 1.54) is 12.8 Å². The second-order valence-electron chi connectivity index (χ2n) is 8.80. The maximum Gasteiger partial charge on any atom is 0.327 e. The molecule has 0 fully saturated rings. The molecule has 2 heterocycles. The summed E-state index contributed by atoms with van der Waals surface area (Å²) in [6, 6.07) is -0.705. The average molecular weight is 483 g/mol. The van der Waals surface area contributed by atoms with Crippen molar-refractivity contribution in [3.63, 3.8) is 0 Å². The number of rotatable bonds is 14. The van der Waals surface area contributed by atoms with Gasteiger partial charge in [0.15, 0.2) is 5.96 Å². The lowest BCUT2D eigenvalue weighted by atomic mass is 10.0. The molecule has 2 rings (SSSR count). The van der Waals surface area contributed by atoms with Gasteiger partial charge in [-0.25, -0.2) is 0 Å². The van der Waals surface area contributed by atoms with Crippen LogP contribution in [0.25, 0.3) is 5.57 Å². The summed E-state index contributed by atoms with van der Waals surface area (Å²) in [5.74, 6) is 0.226. The minimum atomic E-state index is -0.705. The minimum absolute atomic E-state index is 0.0338. The topological polar surface area (TPSA) is 152 Å². The zero-order valence-corrected chi connectivity index (χ0v) is 21.0. The van der Waals surface area contributed by atoms with Gasteiger partial charge in [-0.1, -0.05) is 32.3 Å². The number of nitrogens with zero attached hydrogens (tertiary/aromatic N) is 4. The molecule has 0 bridgehead atoms.